The van der Waals surface area contributed by atoms with Crippen molar-refractivity contribution in [1.29, 1.82) is 0 Å². The number of rotatable bonds is 3. The summed E-state index contributed by atoms with van der Waals surface area (Å²) in [5.74, 6) is 0.783. The van der Waals surface area contributed by atoms with Gasteiger partial charge in [-0.25, -0.2) is 0 Å². The molecule has 102 valence electrons. The molecule has 0 aromatic carbocycles. The maximum atomic E-state index is 3.77. The fraction of sp³-hybridized carbons (Fsp3) is 1.00. The van der Waals surface area contributed by atoms with E-state index in [4.69, 9.17) is 0 Å². The lowest BCUT2D eigenvalue weighted by molar-refractivity contribution is 0.0355. The second-order valence-electron chi connectivity index (χ2n) is 7.07. The molecule has 1 aliphatic rings. The van der Waals surface area contributed by atoms with Crippen LogP contribution < -0.4 is 5.32 Å². The van der Waals surface area contributed by atoms with Crippen LogP contribution in [0.4, 0.5) is 0 Å². The van der Waals surface area contributed by atoms with Crippen LogP contribution >= 0.6 is 0 Å². The van der Waals surface area contributed by atoms with Crippen molar-refractivity contribution < 1.29 is 0 Å². The molecule has 3 unspecified atom stereocenters. The summed E-state index contributed by atoms with van der Waals surface area (Å²) in [7, 11) is 0. The minimum absolute atomic E-state index is 0.355. The van der Waals surface area contributed by atoms with Gasteiger partial charge in [0.15, 0.2) is 0 Å². The van der Waals surface area contributed by atoms with Crippen molar-refractivity contribution in [2.24, 2.45) is 11.3 Å². The monoisotopic (exact) mass is 240 g/mol. The predicted molar refractivity (Wildman–Crippen MR) is 76.3 cm³/mol. The van der Waals surface area contributed by atoms with Crippen LogP contribution in [0.5, 0.6) is 0 Å². The van der Waals surface area contributed by atoms with Gasteiger partial charge in [-0.05, 0) is 25.2 Å². The summed E-state index contributed by atoms with van der Waals surface area (Å²) in [6.45, 7) is 18.7. The Morgan fingerprint density at radius 2 is 1.82 bits per heavy atom. The number of nitrogens with zero attached hydrogens (tertiary/aromatic N) is 1. The van der Waals surface area contributed by atoms with Crippen LogP contribution in [0, 0.1) is 11.3 Å². The first-order valence-corrected chi connectivity index (χ1v) is 7.26. The van der Waals surface area contributed by atoms with E-state index in [0.29, 0.717) is 23.5 Å². The Hall–Kier alpha value is -0.0800. The summed E-state index contributed by atoms with van der Waals surface area (Å²) in [5.41, 5.74) is 0.355. The molecule has 2 heteroatoms. The molecule has 1 N–H and O–H groups in total. The summed E-state index contributed by atoms with van der Waals surface area (Å²) >= 11 is 0. The van der Waals surface area contributed by atoms with Gasteiger partial charge in [-0.2, -0.15) is 0 Å². The van der Waals surface area contributed by atoms with E-state index in [0.717, 1.165) is 12.5 Å². The molecule has 2 nitrogen and oxygen atoms in total. The second kappa shape index (κ2) is 5.71. The molecule has 1 heterocycles. The highest BCUT2D eigenvalue weighted by Crippen LogP contribution is 2.27. The average Bonchev–Trinajstić information content (AvgIpc) is 2.25. The molecule has 0 aromatic rings. The normalized spacial score (nSPS) is 29.6. The maximum absolute atomic E-state index is 3.77. The molecule has 0 aromatic heterocycles. The molecule has 1 rings (SSSR count). The van der Waals surface area contributed by atoms with Crippen molar-refractivity contribution in [2.45, 2.75) is 73.0 Å². The third kappa shape index (κ3) is 3.69. The van der Waals surface area contributed by atoms with Crippen molar-refractivity contribution in [1.82, 2.24) is 10.2 Å². The van der Waals surface area contributed by atoms with E-state index >= 15 is 0 Å². The van der Waals surface area contributed by atoms with Gasteiger partial charge in [-0.15, -0.1) is 0 Å². The molecular weight excluding hydrogens is 208 g/mol. The smallest absolute Gasteiger partial charge is 0.0249 e. The van der Waals surface area contributed by atoms with Gasteiger partial charge < -0.3 is 5.32 Å². The Morgan fingerprint density at radius 3 is 2.24 bits per heavy atom. The van der Waals surface area contributed by atoms with Crippen LogP contribution in [-0.4, -0.2) is 36.1 Å². The molecule has 0 saturated carbocycles. The number of hydrogen-bond acceptors (Lipinski definition) is 2. The van der Waals surface area contributed by atoms with Crippen LogP contribution in [0.25, 0.3) is 0 Å². The highest BCUT2D eigenvalue weighted by atomic mass is 15.3. The van der Waals surface area contributed by atoms with E-state index in [-0.39, 0.29) is 0 Å². The summed E-state index contributed by atoms with van der Waals surface area (Å²) in [4.78, 5) is 2.71. The zero-order chi connectivity index (χ0) is 13.2. The number of piperazine rings is 1. The van der Waals surface area contributed by atoms with E-state index in [2.05, 4.69) is 58.7 Å². The van der Waals surface area contributed by atoms with Crippen molar-refractivity contribution in [3.63, 3.8) is 0 Å². The topological polar surface area (TPSA) is 15.3 Å². The molecule has 0 bridgehead atoms. The Balaban J connectivity index is 2.74. The zero-order valence-electron chi connectivity index (χ0n) is 12.9. The van der Waals surface area contributed by atoms with Gasteiger partial charge >= 0.3 is 0 Å². The number of hydrogen-bond donors (Lipinski definition) is 1. The highest BCUT2D eigenvalue weighted by Gasteiger charge is 2.36. The summed E-state index contributed by atoms with van der Waals surface area (Å²) < 4.78 is 0. The van der Waals surface area contributed by atoms with E-state index in [1.807, 2.05) is 0 Å². The average molecular weight is 240 g/mol. The Labute approximate surface area is 108 Å². The fourth-order valence-corrected chi connectivity index (χ4v) is 2.76. The van der Waals surface area contributed by atoms with Crippen molar-refractivity contribution in [3.05, 3.63) is 0 Å². The van der Waals surface area contributed by atoms with Gasteiger partial charge in [0.2, 0.25) is 0 Å². The molecule has 1 saturated heterocycles. The first-order valence-electron chi connectivity index (χ1n) is 7.26. The minimum Gasteiger partial charge on any atom is -0.311 e. The van der Waals surface area contributed by atoms with Gasteiger partial charge in [-0.3, -0.25) is 4.90 Å². The van der Waals surface area contributed by atoms with Crippen molar-refractivity contribution in [3.8, 4) is 0 Å². The molecule has 3 atom stereocenters. The van der Waals surface area contributed by atoms with Gasteiger partial charge in [0.25, 0.3) is 0 Å². The molecular formula is C15H32N2. The van der Waals surface area contributed by atoms with Crippen LogP contribution in [0.15, 0.2) is 0 Å². The predicted octanol–water partition coefficient (Wildman–Crippen LogP) is 3.13. The van der Waals surface area contributed by atoms with E-state index < -0.39 is 0 Å². The zero-order valence-corrected chi connectivity index (χ0v) is 12.9. The lowest BCUT2D eigenvalue weighted by atomic mass is 9.82. The standard InChI is InChI=1S/C15H32N2/c1-8-12(4)13-9-16-14(15(5,6)7)10-17(13)11(2)3/h11-14,16H,8-10H2,1-7H3. The lowest BCUT2D eigenvalue weighted by Crippen LogP contribution is -2.63. The molecule has 0 aliphatic carbocycles. The third-order valence-corrected chi connectivity index (χ3v) is 4.40. The van der Waals surface area contributed by atoms with Crippen LogP contribution in [0.3, 0.4) is 0 Å². The molecule has 17 heavy (non-hydrogen) atoms. The maximum Gasteiger partial charge on any atom is 0.0249 e. The lowest BCUT2D eigenvalue weighted by Gasteiger charge is -2.48. The van der Waals surface area contributed by atoms with Crippen molar-refractivity contribution >= 4 is 0 Å². The first kappa shape index (κ1) is 15.0. The van der Waals surface area contributed by atoms with Gasteiger partial charge in [0.05, 0.1) is 0 Å². The Morgan fingerprint density at radius 1 is 1.24 bits per heavy atom. The van der Waals surface area contributed by atoms with Gasteiger partial charge in [0.1, 0.15) is 0 Å². The van der Waals surface area contributed by atoms with Crippen molar-refractivity contribution in [2.75, 3.05) is 13.1 Å². The summed E-state index contributed by atoms with van der Waals surface area (Å²) in [6.07, 6.45) is 1.27. The molecule has 0 spiro atoms. The SMILES string of the molecule is CCC(C)C1CNC(C(C)(C)C)CN1C(C)C. The quantitative estimate of drug-likeness (QED) is 0.815. The summed E-state index contributed by atoms with van der Waals surface area (Å²) in [6, 6.07) is 1.98. The van der Waals surface area contributed by atoms with Gasteiger partial charge in [-0.1, -0.05) is 41.0 Å². The minimum atomic E-state index is 0.355. The fourth-order valence-electron chi connectivity index (χ4n) is 2.76. The molecule has 1 aliphatic heterocycles. The molecule has 0 amide bonds. The second-order valence-corrected chi connectivity index (χ2v) is 7.07. The Kier molecular flexibility index (Phi) is 5.03. The number of nitrogens with one attached hydrogen (secondary N) is 1. The molecule has 0 radical (unpaired) electrons. The third-order valence-electron chi connectivity index (χ3n) is 4.40. The highest BCUT2D eigenvalue weighted by molar-refractivity contribution is 4.94. The largest absolute Gasteiger partial charge is 0.311 e. The van der Waals surface area contributed by atoms with Gasteiger partial charge in [0, 0.05) is 31.2 Å². The first-order chi connectivity index (χ1) is 7.77. The summed E-state index contributed by atoms with van der Waals surface area (Å²) in [5, 5.41) is 3.77. The van der Waals surface area contributed by atoms with E-state index in [9.17, 15) is 0 Å². The van der Waals surface area contributed by atoms with E-state index in [1.54, 1.807) is 0 Å². The Bertz CT molecular complexity index is 230. The van der Waals surface area contributed by atoms with Crippen LogP contribution in [0.1, 0.15) is 54.9 Å². The van der Waals surface area contributed by atoms with E-state index in [1.165, 1.54) is 13.0 Å². The molecule has 1 fully saturated rings. The van der Waals surface area contributed by atoms with Crippen LogP contribution in [-0.2, 0) is 0 Å². The van der Waals surface area contributed by atoms with Crippen LogP contribution in [0.2, 0.25) is 0 Å².